The van der Waals surface area contributed by atoms with Gasteiger partial charge in [-0.15, -0.1) is 0 Å². The minimum atomic E-state index is -1.08. The molecule has 2 nitrogen and oxygen atoms in total. The Labute approximate surface area is 190 Å². The highest BCUT2D eigenvalue weighted by Crippen LogP contribution is 2.38. The number of hydrogen-bond acceptors (Lipinski definition) is 1. The van der Waals surface area contributed by atoms with Crippen molar-refractivity contribution in [2.75, 3.05) is 0 Å². The number of halogens is 2. The van der Waals surface area contributed by atoms with E-state index in [4.69, 9.17) is 0 Å². The Hall–Kier alpha value is -2.49. The lowest BCUT2D eigenvalue weighted by molar-refractivity contribution is 0.0697. The van der Waals surface area contributed by atoms with E-state index in [2.05, 4.69) is 19.1 Å². The third-order valence-electron chi connectivity index (χ3n) is 6.73. The van der Waals surface area contributed by atoms with Gasteiger partial charge in [-0.05, 0) is 72.8 Å². The largest absolute Gasteiger partial charge is 0.478 e. The fourth-order valence-corrected chi connectivity index (χ4v) is 4.83. The lowest BCUT2D eigenvalue weighted by atomic mass is 9.77. The smallest absolute Gasteiger partial charge is 0.336 e. The molecule has 0 aliphatic heterocycles. The molecule has 0 saturated heterocycles. The van der Waals surface area contributed by atoms with E-state index < -0.39 is 17.6 Å². The molecule has 0 radical (unpaired) electrons. The summed E-state index contributed by atoms with van der Waals surface area (Å²) in [6, 6.07) is 12.1. The summed E-state index contributed by atoms with van der Waals surface area (Å²) >= 11 is 0. The average molecular weight is 441 g/mol. The molecule has 1 N–H and O–H groups in total. The molecular formula is C28H34F2O2. The molecule has 2 aromatic rings. The summed E-state index contributed by atoms with van der Waals surface area (Å²) in [4.78, 5) is 11.8. The molecule has 172 valence electrons. The number of carboxylic acids is 1. The van der Waals surface area contributed by atoms with E-state index in [1.807, 2.05) is 19.1 Å². The molecule has 0 amide bonds. The number of hydrogen-bond donors (Lipinski definition) is 1. The van der Waals surface area contributed by atoms with Crippen LogP contribution in [0.4, 0.5) is 8.78 Å². The van der Waals surface area contributed by atoms with Gasteiger partial charge in [-0.3, -0.25) is 0 Å². The first-order valence-electron chi connectivity index (χ1n) is 12.0. The number of unbranched alkanes of at least 4 members (excludes halogenated alkanes) is 1. The van der Waals surface area contributed by atoms with Gasteiger partial charge >= 0.3 is 5.97 Å². The van der Waals surface area contributed by atoms with E-state index in [1.165, 1.54) is 62.3 Å². The molecule has 0 atom stereocenters. The molecule has 1 fully saturated rings. The number of benzene rings is 2. The van der Waals surface area contributed by atoms with Crippen molar-refractivity contribution in [3.05, 3.63) is 65.0 Å². The van der Waals surface area contributed by atoms with Crippen LogP contribution in [0.15, 0.2) is 48.3 Å². The average Bonchev–Trinajstić information content (AvgIpc) is 2.82. The van der Waals surface area contributed by atoms with Crippen molar-refractivity contribution < 1.29 is 18.7 Å². The van der Waals surface area contributed by atoms with Crippen LogP contribution in [0.5, 0.6) is 0 Å². The van der Waals surface area contributed by atoms with Crippen molar-refractivity contribution in [3.8, 4) is 11.1 Å². The number of carbonyl (C=O) groups is 1. The van der Waals surface area contributed by atoms with Gasteiger partial charge in [-0.25, -0.2) is 13.6 Å². The van der Waals surface area contributed by atoms with E-state index in [9.17, 15) is 18.7 Å². The van der Waals surface area contributed by atoms with Crippen LogP contribution in [0.3, 0.4) is 0 Å². The van der Waals surface area contributed by atoms with Crippen molar-refractivity contribution in [3.63, 3.8) is 0 Å². The molecule has 0 unspecified atom stereocenters. The summed E-state index contributed by atoms with van der Waals surface area (Å²) in [6.45, 7) is 4.16. The molecule has 3 rings (SSSR count). The summed E-state index contributed by atoms with van der Waals surface area (Å²) in [5.41, 5.74) is 2.55. The standard InChI is InChI=1S/C28H34F2O2/c1-3-5-7-26(29)27(30)23-16-17-24(28(31)32)25(18-23)22-14-12-21(13-15-22)20-10-8-19(6-4-2)9-11-20/h12-20H,3-11H2,1-2H3,(H,31,32)/b27-26+. The van der Waals surface area contributed by atoms with E-state index >= 15 is 0 Å². The van der Waals surface area contributed by atoms with Crippen molar-refractivity contribution in [1.82, 2.24) is 0 Å². The predicted molar refractivity (Wildman–Crippen MR) is 127 cm³/mol. The zero-order chi connectivity index (χ0) is 23.1. The SMILES string of the molecule is CCCC/C(F)=C(\F)c1ccc(C(=O)O)c(-c2ccc(C3CCC(CCC)CC3)cc2)c1. The number of allylic oxidation sites excluding steroid dienone is 1. The number of rotatable bonds is 9. The van der Waals surface area contributed by atoms with Crippen molar-refractivity contribution in [2.45, 2.75) is 77.6 Å². The Bertz CT molecular complexity index is 938. The minimum absolute atomic E-state index is 0.0492. The normalized spacial score (nSPS) is 19.5. The zero-order valence-electron chi connectivity index (χ0n) is 19.2. The third kappa shape index (κ3) is 5.85. The summed E-state index contributed by atoms with van der Waals surface area (Å²) in [5, 5.41) is 9.63. The van der Waals surface area contributed by atoms with Gasteiger partial charge in [0, 0.05) is 12.0 Å². The Balaban J connectivity index is 1.85. The molecule has 4 heteroatoms. The highest BCUT2D eigenvalue weighted by atomic mass is 19.2. The van der Waals surface area contributed by atoms with Crippen LogP contribution < -0.4 is 0 Å². The lowest BCUT2D eigenvalue weighted by Gasteiger charge is -2.28. The summed E-state index contributed by atoms with van der Waals surface area (Å²) in [7, 11) is 0. The van der Waals surface area contributed by atoms with Crippen LogP contribution in [0.25, 0.3) is 17.0 Å². The fourth-order valence-electron chi connectivity index (χ4n) is 4.83. The van der Waals surface area contributed by atoms with Crippen LogP contribution in [-0.2, 0) is 0 Å². The third-order valence-corrected chi connectivity index (χ3v) is 6.73. The van der Waals surface area contributed by atoms with E-state index in [-0.39, 0.29) is 17.5 Å². The molecule has 0 bridgehead atoms. The minimum Gasteiger partial charge on any atom is -0.478 e. The van der Waals surface area contributed by atoms with Crippen LogP contribution in [0, 0.1) is 5.92 Å². The first-order chi connectivity index (χ1) is 15.4. The van der Waals surface area contributed by atoms with Crippen molar-refractivity contribution >= 4 is 11.8 Å². The molecule has 2 aromatic carbocycles. The molecule has 32 heavy (non-hydrogen) atoms. The maximum Gasteiger partial charge on any atom is 0.336 e. The van der Waals surface area contributed by atoms with Gasteiger partial charge in [0.2, 0.25) is 0 Å². The molecule has 0 heterocycles. The monoisotopic (exact) mass is 440 g/mol. The second-order valence-electron chi connectivity index (χ2n) is 9.02. The van der Waals surface area contributed by atoms with Gasteiger partial charge in [0.05, 0.1) is 5.56 Å². The summed E-state index contributed by atoms with van der Waals surface area (Å²) in [6.07, 6.45) is 8.85. The van der Waals surface area contributed by atoms with Crippen LogP contribution in [0.1, 0.15) is 99.0 Å². The lowest BCUT2D eigenvalue weighted by Crippen LogP contribution is -2.13. The molecule has 1 aliphatic carbocycles. The predicted octanol–water partition coefficient (Wildman–Crippen LogP) is 8.92. The summed E-state index contributed by atoms with van der Waals surface area (Å²) in [5.74, 6) is -1.39. The van der Waals surface area contributed by atoms with Crippen molar-refractivity contribution in [1.29, 1.82) is 0 Å². The number of carboxylic acid groups (broad SMARTS) is 1. The van der Waals surface area contributed by atoms with Crippen LogP contribution in [0.2, 0.25) is 0 Å². The number of aromatic carboxylic acids is 1. The van der Waals surface area contributed by atoms with E-state index in [0.717, 1.165) is 12.3 Å². The Morgan fingerprint density at radius 3 is 2.25 bits per heavy atom. The molecule has 0 spiro atoms. The Morgan fingerprint density at radius 1 is 0.969 bits per heavy atom. The van der Waals surface area contributed by atoms with E-state index in [0.29, 0.717) is 23.5 Å². The van der Waals surface area contributed by atoms with Gasteiger partial charge in [-0.2, -0.15) is 0 Å². The van der Waals surface area contributed by atoms with Gasteiger partial charge in [-0.1, -0.05) is 63.4 Å². The van der Waals surface area contributed by atoms with Gasteiger partial charge in [0.25, 0.3) is 0 Å². The highest BCUT2D eigenvalue weighted by Gasteiger charge is 2.22. The second kappa shape index (κ2) is 11.4. The van der Waals surface area contributed by atoms with Gasteiger partial charge in [0.1, 0.15) is 5.83 Å². The zero-order valence-corrected chi connectivity index (χ0v) is 19.2. The molecular weight excluding hydrogens is 406 g/mol. The Kier molecular flexibility index (Phi) is 8.60. The maximum absolute atomic E-state index is 14.6. The summed E-state index contributed by atoms with van der Waals surface area (Å²) < 4.78 is 28.8. The quantitative estimate of drug-likeness (QED) is 0.422. The van der Waals surface area contributed by atoms with Gasteiger partial charge < -0.3 is 5.11 Å². The van der Waals surface area contributed by atoms with Crippen molar-refractivity contribution in [2.24, 2.45) is 5.92 Å². The fraction of sp³-hybridized carbons (Fsp3) is 0.464. The topological polar surface area (TPSA) is 37.3 Å². The second-order valence-corrected chi connectivity index (χ2v) is 9.02. The highest BCUT2D eigenvalue weighted by molar-refractivity contribution is 5.96. The molecule has 1 saturated carbocycles. The first kappa shape index (κ1) is 24.2. The maximum atomic E-state index is 14.6. The molecule has 0 aromatic heterocycles. The molecule has 1 aliphatic rings. The van der Waals surface area contributed by atoms with Gasteiger partial charge in [0.15, 0.2) is 5.83 Å². The van der Waals surface area contributed by atoms with Crippen LogP contribution in [-0.4, -0.2) is 11.1 Å². The first-order valence-corrected chi connectivity index (χ1v) is 12.0. The Morgan fingerprint density at radius 2 is 1.66 bits per heavy atom. The van der Waals surface area contributed by atoms with Crippen LogP contribution >= 0.6 is 0 Å². The van der Waals surface area contributed by atoms with E-state index in [1.54, 1.807) is 0 Å².